The summed E-state index contributed by atoms with van der Waals surface area (Å²) >= 11 is 0. The minimum atomic E-state index is 0.411. The number of anilines is 1. The Morgan fingerprint density at radius 1 is 1.08 bits per heavy atom. The summed E-state index contributed by atoms with van der Waals surface area (Å²) < 4.78 is 1.81. The molecule has 1 N–H and O–H groups in total. The molecule has 0 bridgehead atoms. The second-order valence-electron chi connectivity index (χ2n) is 6.69. The fourth-order valence-electron chi connectivity index (χ4n) is 3.25. The Morgan fingerprint density at radius 3 is 2.77 bits per heavy atom. The highest BCUT2D eigenvalue weighted by atomic mass is 15.4. The molecule has 1 aromatic carbocycles. The van der Waals surface area contributed by atoms with Gasteiger partial charge in [-0.25, -0.2) is 4.68 Å². The molecule has 0 saturated carbocycles. The summed E-state index contributed by atoms with van der Waals surface area (Å²) in [6, 6.07) is 14.5. The highest BCUT2D eigenvalue weighted by Crippen LogP contribution is 2.17. The highest BCUT2D eigenvalue weighted by molar-refractivity contribution is 5.38. The van der Waals surface area contributed by atoms with E-state index < -0.39 is 0 Å². The van der Waals surface area contributed by atoms with Crippen LogP contribution in [0.1, 0.15) is 24.2 Å². The number of benzene rings is 1. The number of aryl methyl sites for hydroxylation is 1. The average molecular weight is 349 g/mol. The van der Waals surface area contributed by atoms with Crippen LogP contribution < -0.4 is 10.2 Å². The van der Waals surface area contributed by atoms with Gasteiger partial charge in [-0.05, 0) is 44.0 Å². The van der Waals surface area contributed by atoms with Crippen molar-refractivity contribution in [1.29, 1.82) is 0 Å². The first-order chi connectivity index (χ1) is 12.8. The molecule has 2 aromatic heterocycles. The summed E-state index contributed by atoms with van der Waals surface area (Å²) in [5, 5.41) is 20.6. The summed E-state index contributed by atoms with van der Waals surface area (Å²) in [6.07, 6.45) is 4.28. The number of aromatic nitrogens is 5. The maximum atomic E-state index is 4.31. The van der Waals surface area contributed by atoms with Crippen LogP contribution >= 0.6 is 0 Å². The molecule has 0 amide bonds. The Bertz CT molecular complexity index is 829. The number of hydrogen-bond acceptors (Lipinski definition) is 6. The van der Waals surface area contributed by atoms with Gasteiger partial charge in [-0.2, -0.15) is 5.10 Å². The molecule has 3 heterocycles. The van der Waals surface area contributed by atoms with Gasteiger partial charge in [0.25, 0.3) is 0 Å². The second-order valence-corrected chi connectivity index (χ2v) is 6.69. The van der Waals surface area contributed by atoms with Crippen LogP contribution in [0.3, 0.4) is 0 Å². The van der Waals surface area contributed by atoms with Gasteiger partial charge in [0.05, 0.1) is 23.3 Å². The molecule has 134 valence electrons. The maximum Gasteiger partial charge on any atom is 0.151 e. The molecular weight excluding hydrogens is 326 g/mol. The third-order valence-corrected chi connectivity index (χ3v) is 4.66. The predicted octanol–water partition coefficient (Wildman–Crippen LogP) is 2.12. The molecule has 1 atom stereocenters. The lowest BCUT2D eigenvalue weighted by atomic mass is 10.1. The maximum absolute atomic E-state index is 4.31. The van der Waals surface area contributed by atoms with E-state index in [1.54, 1.807) is 0 Å². The van der Waals surface area contributed by atoms with Gasteiger partial charge in [0.2, 0.25) is 0 Å². The van der Waals surface area contributed by atoms with E-state index >= 15 is 0 Å². The average Bonchev–Trinajstić information content (AvgIpc) is 3.17. The van der Waals surface area contributed by atoms with Gasteiger partial charge < -0.3 is 10.2 Å². The first-order valence-corrected chi connectivity index (χ1v) is 9.03. The number of hydrogen-bond donors (Lipinski definition) is 1. The van der Waals surface area contributed by atoms with E-state index in [-0.39, 0.29) is 0 Å². The Balaban J connectivity index is 1.34. The molecule has 26 heavy (non-hydrogen) atoms. The fourth-order valence-corrected chi connectivity index (χ4v) is 3.25. The van der Waals surface area contributed by atoms with Crippen LogP contribution in [-0.2, 0) is 6.54 Å². The molecule has 1 aliphatic heterocycles. The molecule has 7 nitrogen and oxygen atoms in total. The van der Waals surface area contributed by atoms with Gasteiger partial charge in [-0.15, -0.1) is 10.2 Å². The van der Waals surface area contributed by atoms with Crippen molar-refractivity contribution in [1.82, 2.24) is 30.5 Å². The monoisotopic (exact) mass is 349 g/mol. The van der Waals surface area contributed by atoms with Gasteiger partial charge in [0.15, 0.2) is 5.82 Å². The first-order valence-electron chi connectivity index (χ1n) is 9.03. The minimum Gasteiger partial charge on any atom is -0.354 e. The van der Waals surface area contributed by atoms with Crippen LogP contribution in [0.2, 0.25) is 0 Å². The summed E-state index contributed by atoms with van der Waals surface area (Å²) in [5.41, 5.74) is 2.91. The van der Waals surface area contributed by atoms with Gasteiger partial charge in [-0.1, -0.05) is 23.4 Å². The van der Waals surface area contributed by atoms with E-state index in [1.807, 2.05) is 54.2 Å². The van der Waals surface area contributed by atoms with Gasteiger partial charge in [0, 0.05) is 25.7 Å². The van der Waals surface area contributed by atoms with E-state index in [2.05, 4.69) is 36.8 Å². The van der Waals surface area contributed by atoms with Crippen molar-refractivity contribution < 1.29 is 0 Å². The number of nitrogens with one attached hydrogen (secondary N) is 1. The summed E-state index contributed by atoms with van der Waals surface area (Å²) in [7, 11) is 0. The third kappa shape index (κ3) is 3.88. The van der Waals surface area contributed by atoms with E-state index in [0.29, 0.717) is 12.6 Å². The molecular formula is C19H23N7. The normalized spacial score (nSPS) is 17.4. The van der Waals surface area contributed by atoms with Crippen LogP contribution in [0.4, 0.5) is 5.82 Å². The van der Waals surface area contributed by atoms with Crippen molar-refractivity contribution in [3.05, 3.63) is 60.0 Å². The van der Waals surface area contributed by atoms with Crippen molar-refractivity contribution >= 4 is 5.82 Å². The lowest BCUT2D eigenvalue weighted by Gasteiger charge is -2.33. The Kier molecular flexibility index (Phi) is 4.88. The molecule has 1 aliphatic rings. The number of piperidine rings is 1. The Labute approximate surface area is 153 Å². The van der Waals surface area contributed by atoms with Crippen LogP contribution in [0.5, 0.6) is 0 Å². The summed E-state index contributed by atoms with van der Waals surface area (Å²) in [6.45, 7) is 4.63. The van der Waals surface area contributed by atoms with Crippen LogP contribution in [0, 0.1) is 6.92 Å². The van der Waals surface area contributed by atoms with Crippen LogP contribution in [0.15, 0.2) is 48.7 Å². The smallest absolute Gasteiger partial charge is 0.151 e. The summed E-state index contributed by atoms with van der Waals surface area (Å²) in [4.78, 5) is 2.30. The number of para-hydroxylation sites is 1. The zero-order valence-electron chi connectivity index (χ0n) is 14.9. The molecule has 1 fully saturated rings. The van der Waals surface area contributed by atoms with E-state index in [0.717, 1.165) is 48.8 Å². The van der Waals surface area contributed by atoms with Gasteiger partial charge in [-0.3, -0.25) is 0 Å². The molecule has 0 radical (unpaired) electrons. The second kappa shape index (κ2) is 7.61. The molecule has 0 aliphatic carbocycles. The van der Waals surface area contributed by atoms with Crippen molar-refractivity contribution in [2.45, 2.75) is 32.4 Å². The van der Waals surface area contributed by atoms with Gasteiger partial charge in [0.1, 0.15) is 0 Å². The van der Waals surface area contributed by atoms with E-state index in [9.17, 15) is 0 Å². The lowest BCUT2D eigenvalue weighted by Crippen LogP contribution is -2.45. The van der Waals surface area contributed by atoms with Crippen LogP contribution in [-0.4, -0.2) is 44.3 Å². The topological polar surface area (TPSA) is 71.8 Å². The summed E-state index contributed by atoms with van der Waals surface area (Å²) in [5.74, 6) is 0.956. The Morgan fingerprint density at radius 2 is 1.96 bits per heavy atom. The molecule has 0 unspecified atom stereocenters. The molecule has 0 spiro atoms. The van der Waals surface area contributed by atoms with Gasteiger partial charge >= 0.3 is 0 Å². The molecule has 3 aromatic rings. The minimum absolute atomic E-state index is 0.411. The Hall–Kier alpha value is -2.80. The number of nitrogens with zero attached hydrogens (tertiary/aromatic N) is 6. The van der Waals surface area contributed by atoms with Crippen molar-refractivity contribution in [2.75, 3.05) is 18.0 Å². The zero-order valence-corrected chi connectivity index (χ0v) is 14.9. The van der Waals surface area contributed by atoms with E-state index in [1.165, 1.54) is 0 Å². The number of rotatable bonds is 5. The highest BCUT2D eigenvalue weighted by Gasteiger charge is 2.21. The van der Waals surface area contributed by atoms with Crippen molar-refractivity contribution in [3.8, 4) is 5.69 Å². The van der Waals surface area contributed by atoms with Crippen LogP contribution in [0.25, 0.3) is 5.69 Å². The SMILES string of the molecule is Cc1ccc(N2CCC[C@@H](NCc3cn(-c4ccccc4)nn3)C2)nn1. The van der Waals surface area contributed by atoms with E-state index in [4.69, 9.17) is 0 Å². The quantitative estimate of drug-likeness (QED) is 0.761. The fraction of sp³-hybridized carbons (Fsp3) is 0.368. The first kappa shape index (κ1) is 16.7. The lowest BCUT2D eigenvalue weighted by molar-refractivity contribution is 0.417. The van der Waals surface area contributed by atoms with Crippen molar-refractivity contribution in [2.24, 2.45) is 0 Å². The zero-order chi connectivity index (χ0) is 17.8. The largest absolute Gasteiger partial charge is 0.354 e. The molecule has 7 heteroatoms. The molecule has 1 saturated heterocycles. The standard InChI is InChI=1S/C19H23N7/c1-15-9-10-19(23-21-15)25-11-5-6-16(13-25)20-12-17-14-26(24-22-17)18-7-3-2-4-8-18/h2-4,7-10,14,16,20H,5-6,11-13H2,1H3/t16-/m1/s1. The molecule has 4 rings (SSSR count). The predicted molar refractivity (Wildman–Crippen MR) is 100 cm³/mol. The third-order valence-electron chi connectivity index (χ3n) is 4.66. The van der Waals surface area contributed by atoms with Crippen molar-refractivity contribution in [3.63, 3.8) is 0 Å².